The fourth-order valence-electron chi connectivity index (χ4n) is 2.35. The van der Waals surface area contributed by atoms with Crippen LogP contribution in [-0.2, 0) is 4.79 Å². The van der Waals surface area contributed by atoms with E-state index in [9.17, 15) is 4.79 Å². The summed E-state index contributed by atoms with van der Waals surface area (Å²) < 4.78 is 0. The Kier molecular flexibility index (Phi) is 7.10. The number of rotatable bonds is 6. The number of likely N-dealkylation sites (N-methyl/N-ethyl adjacent to an activating group) is 1. The number of allylic oxidation sites excluding steroid dienone is 1. The maximum atomic E-state index is 11.7. The zero-order valence-electron chi connectivity index (χ0n) is 12.8. The highest BCUT2D eigenvalue weighted by molar-refractivity contribution is 5.81. The summed E-state index contributed by atoms with van der Waals surface area (Å²) in [4.78, 5) is 14.1. The predicted octanol–water partition coefficient (Wildman–Crippen LogP) is 1.53. The Labute approximate surface area is 117 Å². The minimum atomic E-state index is -0.0886. The van der Waals surface area contributed by atoms with Crippen molar-refractivity contribution >= 4 is 5.91 Å². The molecule has 0 saturated carbocycles. The van der Waals surface area contributed by atoms with E-state index in [1.54, 1.807) is 0 Å². The number of piperidine rings is 1. The van der Waals surface area contributed by atoms with Crippen LogP contribution < -0.4 is 10.6 Å². The van der Waals surface area contributed by atoms with E-state index in [1.165, 1.54) is 5.57 Å². The van der Waals surface area contributed by atoms with Crippen LogP contribution in [0.5, 0.6) is 0 Å². The molecule has 0 spiro atoms. The monoisotopic (exact) mass is 267 g/mol. The number of likely N-dealkylation sites (tertiary alicyclic amines) is 1. The Hall–Kier alpha value is -0.870. The second kappa shape index (κ2) is 8.33. The predicted molar refractivity (Wildman–Crippen MR) is 80.2 cm³/mol. The van der Waals surface area contributed by atoms with Crippen LogP contribution in [0.25, 0.3) is 0 Å². The van der Waals surface area contributed by atoms with Gasteiger partial charge in [0.05, 0.1) is 6.04 Å². The van der Waals surface area contributed by atoms with Crippen molar-refractivity contribution in [3.63, 3.8) is 0 Å². The molecule has 19 heavy (non-hydrogen) atoms. The Balaban J connectivity index is 2.26. The smallest absolute Gasteiger partial charge is 0.236 e. The third-order valence-electron chi connectivity index (χ3n) is 3.58. The Bertz CT molecular complexity index is 303. The van der Waals surface area contributed by atoms with Crippen molar-refractivity contribution in [1.29, 1.82) is 0 Å². The number of hydrogen-bond acceptors (Lipinski definition) is 3. The fourth-order valence-corrected chi connectivity index (χ4v) is 2.35. The summed E-state index contributed by atoms with van der Waals surface area (Å²) >= 11 is 0. The van der Waals surface area contributed by atoms with Crippen LogP contribution in [0.2, 0.25) is 0 Å². The average molecular weight is 267 g/mol. The first kappa shape index (κ1) is 16.2. The summed E-state index contributed by atoms with van der Waals surface area (Å²) in [7, 11) is 0. The molecule has 1 rings (SSSR count). The third-order valence-corrected chi connectivity index (χ3v) is 3.58. The maximum Gasteiger partial charge on any atom is 0.236 e. The minimum absolute atomic E-state index is 0.0886. The molecule has 0 radical (unpaired) electrons. The zero-order valence-corrected chi connectivity index (χ0v) is 12.8. The van der Waals surface area contributed by atoms with Crippen LogP contribution in [0.15, 0.2) is 11.6 Å². The van der Waals surface area contributed by atoms with Gasteiger partial charge in [0.2, 0.25) is 5.91 Å². The first-order valence-electron chi connectivity index (χ1n) is 7.42. The van der Waals surface area contributed by atoms with Gasteiger partial charge >= 0.3 is 0 Å². The summed E-state index contributed by atoms with van der Waals surface area (Å²) in [6.07, 6.45) is 4.53. The molecule has 1 fully saturated rings. The highest BCUT2D eigenvalue weighted by atomic mass is 16.2. The van der Waals surface area contributed by atoms with Crippen molar-refractivity contribution in [3.8, 4) is 0 Å². The molecule has 0 aliphatic carbocycles. The topological polar surface area (TPSA) is 44.4 Å². The number of nitrogens with zero attached hydrogens (tertiary/aromatic N) is 1. The molecular formula is C15H29N3O. The highest BCUT2D eigenvalue weighted by Crippen LogP contribution is 2.11. The van der Waals surface area contributed by atoms with Crippen molar-refractivity contribution in [2.45, 2.75) is 52.6 Å². The van der Waals surface area contributed by atoms with Crippen LogP contribution in [0, 0.1) is 0 Å². The summed E-state index contributed by atoms with van der Waals surface area (Å²) in [5.41, 5.74) is 1.38. The van der Waals surface area contributed by atoms with E-state index < -0.39 is 0 Å². The lowest BCUT2D eigenvalue weighted by atomic mass is 10.0. The van der Waals surface area contributed by atoms with Crippen LogP contribution in [0.4, 0.5) is 0 Å². The summed E-state index contributed by atoms with van der Waals surface area (Å²) in [6, 6.07) is 0.384. The third kappa shape index (κ3) is 6.21. The van der Waals surface area contributed by atoms with E-state index in [1.807, 2.05) is 13.8 Å². The largest absolute Gasteiger partial charge is 0.355 e. The molecule has 1 atom stereocenters. The lowest BCUT2D eigenvalue weighted by Gasteiger charge is -2.33. The summed E-state index contributed by atoms with van der Waals surface area (Å²) in [6.45, 7) is 12.2. The molecule has 1 unspecified atom stereocenters. The first-order valence-corrected chi connectivity index (χ1v) is 7.42. The molecule has 110 valence electrons. The van der Waals surface area contributed by atoms with Crippen molar-refractivity contribution in [1.82, 2.24) is 15.5 Å². The second-order valence-electron chi connectivity index (χ2n) is 5.64. The van der Waals surface area contributed by atoms with Gasteiger partial charge in [-0.1, -0.05) is 11.6 Å². The highest BCUT2D eigenvalue weighted by Gasteiger charge is 2.21. The second-order valence-corrected chi connectivity index (χ2v) is 5.64. The van der Waals surface area contributed by atoms with Crippen molar-refractivity contribution in [3.05, 3.63) is 11.6 Å². The number of hydrogen-bond donors (Lipinski definition) is 2. The van der Waals surface area contributed by atoms with E-state index >= 15 is 0 Å². The normalized spacial score (nSPS) is 18.9. The van der Waals surface area contributed by atoms with Gasteiger partial charge in [-0.05, 0) is 53.6 Å². The first-order chi connectivity index (χ1) is 9.02. The lowest BCUT2D eigenvalue weighted by molar-refractivity contribution is -0.122. The van der Waals surface area contributed by atoms with Crippen molar-refractivity contribution < 1.29 is 4.79 Å². The molecule has 0 aromatic carbocycles. The Morgan fingerprint density at radius 2 is 2.00 bits per heavy atom. The molecule has 0 aromatic heterocycles. The van der Waals surface area contributed by atoms with Crippen molar-refractivity contribution in [2.24, 2.45) is 0 Å². The van der Waals surface area contributed by atoms with E-state index in [4.69, 9.17) is 0 Å². The van der Waals surface area contributed by atoms with Gasteiger partial charge in [0.15, 0.2) is 0 Å². The molecule has 1 aliphatic rings. The minimum Gasteiger partial charge on any atom is -0.355 e. The van der Waals surface area contributed by atoms with Crippen LogP contribution in [-0.4, -0.2) is 49.1 Å². The van der Waals surface area contributed by atoms with Gasteiger partial charge < -0.3 is 10.6 Å². The molecular weight excluding hydrogens is 238 g/mol. The zero-order chi connectivity index (χ0) is 14.3. The van der Waals surface area contributed by atoms with Crippen LogP contribution >= 0.6 is 0 Å². The van der Waals surface area contributed by atoms with Gasteiger partial charge in [0.1, 0.15) is 0 Å². The molecule has 0 aromatic rings. The van der Waals surface area contributed by atoms with E-state index in [0.29, 0.717) is 12.6 Å². The fraction of sp³-hybridized carbons (Fsp3) is 0.800. The van der Waals surface area contributed by atoms with Crippen molar-refractivity contribution in [2.75, 3.05) is 26.2 Å². The molecule has 2 N–H and O–H groups in total. The van der Waals surface area contributed by atoms with Gasteiger partial charge in [0, 0.05) is 19.1 Å². The van der Waals surface area contributed by atoms with E-state index in [0.717, 1.165) is 32.5 Å². The lowest BCUT2D eigenvalue weighted by Crippen LogP contribution is -2.50. The Morgan fingerprint density at radius 3 is 2.53 bits per heavy atom. The summed E-state index contributed by atoms with van der Waals surface area (Å²) in [5.74, 6) is 0.106. The van der Waals surface area contributed by atoms with Gasteiger partial charge in [-0.2, -0.15) is 0 Å². The molecule has 0 bridgehead atoms. The van der Waals surface area contributed by atoms with Gasteiger partial charge in [-0.3, -0.25) is 9.69 Å². The standard InChI is InChI=1S/C15H29N3O/c1-5-16-15(19)13(4)17-14-7-10-18(11-8-14)9-6-12(2)3/h6,13-14,17H,5,7-11H2,1-4H3,(H,16,19). The van der Waals surface area contributed by atoms with Gasteiger partial charge in [-0.25, -0.2) is 0 Å². The SMILES string of the molecule is CCNC(=O)C(C)NC1CCN(CC=C(C)C)CC1. The summed E-state index contributed by atoms with van der Waals surface area (Å²) in [5, 5.41) is 6.29. The molecule has 1 saturated heterocycles. The molecule has 4 heteroatoms. The number of amides is 1. The average Bonchev–Trinajstić information content (AvgIpc) is 2.38. The van der Waals surface area contributed by atoms with Crippen LogP contribution in [0.1, 0.15) is 40.5 Å². The Morgan fingerprint density at radius 1 is 1.37 bits per heavy atom. The molecule has 4 nitrogen and oxygen atoms in total. The van der Waals surface area contributed by atoms with E-state index in [-0.39, 0.29) is 11.9 Å². The molecule has 1 amide bonds. The molecule has 1 aliphatic heterocycles. The van der Waals surface area contributed by atoms with Gasteiger partial charge in [-0.15, -0.1) is 0 Å². The molecule has 1 heterocycles. The quantitative estimate of drug-likeness (QED) is 0.717. The van der Waals surface area contributed by atoms with Crippen LogP contribution in [0.3, 0.4) is 0 Å². The van der Waals surface area contributed by atoms with Gasteiger partial charge in [0.25, 0.3) is 0 Å². The van der Waals surface area contributed by atoms with E-state index in [2.05, 4.69) is 35.5 Å². The number of nitrogens with one attached hydrogen (secondary N) is 2. The number of carbonyl (C=O) groups excluding carboxylic acids is 1. The number of carbonyl (C=O) groups is 1. The maximum absolute atomic E-state index is 11.7.